The molecule has 30 heavy (non-hydrogen) atoms. The predicted molar refractivity (Wildman–Crippen MR) is 113 cm³/mol. The Morgan fingerprint density at radius 2 is 1.50 bits per heavy atom. The zero-order valence-electron chi connectivity index (χ0n) is 17.5. The number of benzene rings is 3. The second-order valence-corrected chi connectivity index (χ2v) is 7.65. The highest BCUT2D eigenvalue weighted by molar-refractivity contribution is 5.35. The van der Waals surface area contributed by atoms with Crippen LogP contribution >= 0.6 is 0 Å². The molecule has 3 aromatic rings. The molecule has 0 atom stereocenters. The lowest BCUT2D eigenvalue weighted by molar-refractivity contribution is 0.0823. The molecule has 3 aromatic carbocycles. The summed E-state index contributed by atoms with van der Waals surface area (Å²) < 4.78 is 44.1. The molecule has 0 aliphatic heterocycles. The van der Waals surface area contributed by atoms with Crippen molar-refractivity contribution in [1.29, 1.82) is 0 Å². The molecular formula is C25H26F2O3. The Morgan fingerprint density at radius 3 is 2.17 bits per heavy atom. The van der Waals surface area contributed by atoms with Gasteiger partial charge in [-0.2, -0.15) is 0 Å². The molecule has 3 nitrogen and oxygen atoms in total. The molecule has 0 aliphatic rings. The summed E-state index contributed by atoms with van der Waals surface area (Å²) in [5.41, 5.74) is 1.74. The summed E-state index contributed by atoms with van der Waals surface area (Å²) in [7, 11) is 0. The van der Waals surface area contributed by atoms with Crippen LogP contribution in [-0.2, 0) is 16.8 Å². The fourth-order valence-corrected chi connectivity index (χ4v) is 3.02. The lowest BCUT2D eigenvalue weighted by Crippen LogP contribution is -2.24. The van der Waals surface area contributed by atoms with Gasteiger partial charge in [0.05, 0.1) is 19.8 Å². The van der Waals surface area contributed by atoms with E-state index in [1.54, 1.807) is 12.1 Å². The van der Waals surface area contributed by atoms with E-state index in [1.807, 2.05) is 31.2 Å². The van der Waals surface area contributed by atoms with E-state index in [-0.39, 0.29) is 17.0 Å². The second-order valence-electron chi connectivity index (χ2n) is 7.65. The molecule has 3 rings (SSSR count). The van der Waals surface area contributed by atoms with Gasteiger partial charge < -0.3 is 14.2 Å². The van der Waals surface area contributed by atoms with Gasteiger partial charge in [0.1, 0.15) is 17.3 Å². The molecule has 0 N–H and O–H groups in total. The summed E-state index contributed by atoms with van der Waals surface area (Å²) in [4.78, 5) is 0. The molecule has 0 bridgehead atoms. The highest BCUT2D eigenvalue weighted by Crippen LogP contribution is 2.28. The van der Waals surface area contributed by atoms with Gasteiger partial charge in [-0.15, -0.1) is 0 Å². The Bertz CT molecular complexity index is 951. The van der Waals surface area contributed by atoms with Crippen molar-refractivity contribution in [2.24, 2.45) is 0 Å². The van der Waals surface area contributed by atoms with Gasteiger partial charge in [0.2, 0.25) is 0 Å². The van der Waals surface area contributed by atoms with Crippen LogP contribution in [0.3, 0.4) is 0 Å². The lowest BCUT2D eigenvalue weighted by atomic mass is 9.85. The van der Waals surface area contributed by atoms with Crippen molar-refractivity contribution < 1.29 is 23.0 Å². The average Bonchev–Trinajstić information content (AvgIpc) is 2.72. The van der Waals surface area contributed by atoms with E-state index >= 15 is 0 Å². The highest BCUT2D eigenvalue weighted by Gasteiger charge is 2.21. The quantitative estimate of drug-likeness (QED) is 0.394. The van der Waals surface area contributed by atoms with Gasteiger partial charge in [-0.25, -0.2) is 8.78 Å². The van der Waals surface area contributed by atoms with Crippen molar-refractivity contribution >= 4 is 0 Å². The van der Waals surface area contributed by atoms with Crippen LogP contribution in [0.1, 0.15) is 31.9 Å². The predicted octanol–water partition coefficient (Wildman–Crippen LogP) is 6.65. The minimum atomic E-state index is -0.488. The zero-order chi connectivity index (χ0) is 21.6. The maximum atomic E-state index is 14.1. The summed E-state index contributed by atoms with van der Waals surface area (Å²) in [6.07, 6.45) is 0. The lowest BCUT2D eigenvalue weighted by Gasteiger charge is -2.25. The van der Waals surface area contributed by atoms with Crippen LogP contribution in [0.5, 0.6) is 17.2 Å². The molecule has 5 heteroatoms. The van der Waals surface area contributed by atoms with Crippen molar-refractivity contribution in [3.63, 3.8) is 0 Å². The Morgan fingerprint density at radius 1 is 0.833 bits per heavy atom. The maximum absolute atomic E-state index is 14.1. The molecule has 0 aromatic heterocycles. The number of halogens is 2. The van der Waals surface area contributed by atoms with E-state index in [0.717, 1.165) is 16.9 Å². The topological polar surface area (TPSA) is 27.7 Å². The van der Waals surface area contributed by atoms with Crippen LogP contribution in [0, 0.1) is 11.6 Å². The molecule has 158 valence electrons. The Hall–Kier alpha value is -2.92. The van der Waals surface area contributed by atoms with Crippen LogP contribution in [0.2, 0.25) is 0 Å². The molecule has 0 saturated heterocycles. The van der Waals surface area contributed by atoms with Gasteiger partial charge in [0.25, 0.3) is 0 Å². The van der Waals surface area contributed by atoms with E-state index < -0.39 is 5.82 Å². The van der Waals surface area contributed by atoms with Gasteiger partial charge in [-0.1, -0.05) is 32.0 Å². The second kappa shape index (κ2) is 9.72. The molecule has 0 fully saturated rings. The third kappa shape index (κ3) is 5.80. The monoisotopic (exact) mass is 412 g/mol. The first-order chi connectivity index (χ1) is 14.4. The molecule has 0 aliphatic carbocycles. The van der Waals surface area contributed by atoms with Crippen molar-refractivity contribution in [2.45, 2.75) is 32.8 Å². The minimum Gasteiger partial charge on any atom is -0.494 e. The number of rotatable bonds is 9. The van der Waals surface area contributed by atoms with E-state index in [0.29, 0.717) is 25.6 Å². The average molecular weight is 412 g/mol. The normalized spacial score (nSPS) is 11.4. The van der Waals surface area contributed by atoms with Gasteiger partial charge >= 0.3 is 0 Å². The summed E-state index contributed by atoms with van der Waals surface area (Å²) in [6.45, 7) is 7.62. The molecule has 0 unspecified atom stereocenters. The first-order valence-electron chi connectivity index (χ1n) is 9.90. The van der Waals surface area contributed by atoms with Gasteiger partial charge in [-0.3, -0.25) is 0 Å². The van der Waals surface area contributed by atoms with E-state index in [2.05, 4.69) is 13.8 Å². The van der Waals surface area contributed by atoms with Gasteiger partial charge in [-0.05, 0) is 66.6 Å². The van der Waals surface area contributed by atoms with Crippen LogP contribution < -0.4 is 9.47 Å². The van der Waals surface area contributed by atoms with Crippen LogP contribution in [0.4, 0.5) is 8.78 Å². The summed E-state index contributed by atoms with van der Waals surface area (Å²) in [5.74, 6) is 0.425. The molecule has 0 radical (unpaired) electrons. The van der Waals surface area contributed by atoms with Crippen molar-refractivity contribution in [2.75, 3.05) is 13.2 Å². The van der Waals surface area contributed by atoms with Crippen molar-refractivity contribution in [3.05, 3.63) is 89.5 Å². The fourth-order valence-electron chi connectivity index (χ4n) is 3.02. The first-order valence-corrected chi connectivity index (χ1v) is 9.90. The smallest absolute Gasteiger partial charge is 0.165 e. The fraction of sp³-hybridized carbons (Fsp3) is 0.280. The molecule has 0 saturated carbocycles. The number of hydrogen-bond acceptors (Lipinski definition) is 3. The first kappa shape index (κ1) is 21.8. The van der Waals surface area contributed by atoms with Crippen molar-refractivity contribution in [1.82, 2.24) is 0 Å². The largest absolute Gasteiger partial charge is 0.494 e. The standard InChI is InChI=1S/C25H26F2O3/c1-4-29-21-10-6-19(7-11-21)25(2,3)17-28-16-18-5-14-23(27)24(15-18)30-22-12-8-20(26)9-13-22/h5-15H,4,16-17H2,1-3H3. The highest BCUT2D eigenvalue weighted by atomic mass is 19.1. The number of hydrogen-bond donors (Lipinski definition) is 0. The Kier molecular flexibility index (Phi) is 7.06. The molecule has 0 heterocycles. The summed E-state index contributed by atoms with van der Waals surface area (Å²) >= 11 is 0. The Labute approximate surface area is 176 Å². The van der Waals surface area contributed by atoms with Crippen molar-refractivity contribution in [3.8, 4) is 17.2 Å². The summed E-state index contributed by atoms with van der Waals surface area (Å²) in [6, 6.07) is 18.1. The van der Waals surface area contributed by atoms with Crippen LogP contribution in [-0.4, -0.2) is 13.2 Å². The molecular weight excluding hydrogens is 386 g/mol. The van der Waals surface area contributed by atoms with E-state index in [4.69, 9.17) is 14.2 Å². The third-order valence-corrected chi connectivity index (χ3v) is 4.72. The SMILES string of the molecule is CCOc1ccc(C(C)(C)COCc2ccc(F)c(Oc3ccc(F)cc3)c2)cc1. The number of ether oxygens (including phenoxy) is 3. The minimum absolute atomic E-state index is 0.0773. The Balaban J connectivity index is 1.60. The zero-order valence-corrected chi connectivity index (χ0v) is 17.5. The third-order valence-electron chi connectivity index (χ3n) is 4.72. The van der Waals surface area contributed by atoms with Gasteiger partial charge in [0, 0.05) is 5.41 Å². The summed E-state index contributed by atoms with van der Waals surface area (Å²) in [5, 5.41) is 0. The molecule has 0 amide bonds. The van der Waals surface area contributed by atoms with E-state index in [1.165, 1.54) is 30.3 Å². The van der Waals surface area contributed by atoms with Crippen LogP contribution in [0.25, 0.3) is 0 Å². The van der Waals surface area contributed by atoms with Gasteiger partial charge in [0.15, 0.2) is 11.6 Å². The molecule has 0 spiro atoms. The van der Waals surface area contributed by atoms with Crippen LogP contribution in [0.15, 0.2) is 66.7 Å². The maximum Gasteiger partial charge on any atom is 0.165 e. The van der Waals surface area contributed by atoms with E-state index in [9.17, 15) is 8.78 Å².